The van der Waals surface area contributed by atoms with E-state index >= 15 is 0 Å². The van der Waals surface area contributed by atoms with Gasteiger partial charge >= 0.3 is 0 Å². The van der Waals surface area contributed by atoms with Gasteiger partial charge in [0, 0.05) is 6.54 Å². The number of nitrogens with two attached hydrogens (primary N) is 1. The van der Waals surface area contributed by atoms with Crippen molar-refractivity contribution in [1.82, 2.24) is 5.43 Å². The number of anilines is 2. The number of nitrogens with zero attached hydrogens (tertiary/aromatic N) is 1. The second kappa shape index (κ2) is 7.47. The second-order valence-electron chi connectivity index (χ2n) is 5.45. The molecule has 0 heterocycles. The standard InChI is InChI=1S/C20H21N3/c21-19-13-7-8-14-20(19)23(16-18-11-5-2-6-12-18)22-15-17-9-3-1-4-10-17/h1-14,22H,15-16,21H2. The smallest absolute Gasteiger partial charge is 0.0753 e. The molecule has 0 radical (unpaired) electrons. The van der Waals surface area contributed by atoms with Crippen LogP contribution in [0, 0.1) is 0 Å². The largest absolute Gasteiger partial charge is 0.397 e. The van der Waals surface area contributed by atoms with E-state index in [1.165, 1.54) is 11.1 Å². The highest BCUT2D eigenvalue weighted by Crippen LogP contribution is 2.23. The van der Waals surface area contributed by atoms with Gasteiger partial charge < -0.3 is 10.7 Å². The molecule has 0 aromatic heterocycles. The number of hydrogen-bond acceptors (Lipinski definition) is 3. The van der Waals surface area contributed by atoms with Crippen LogP contribution in [0.15, 0.2) is 84.9 Å². The van der Waals surface area contributed by atoms with Crippen LogP contribution in [0.2, 0.25) is 0 Å². The van der Waals surface area contributed by atoms with Gasteiger partial charge in [0.25, 0.3) is 0 Å². The van der Waals surface area contributed by atoms with Crippen molar-refractivity contribution < 1.29 is 0 Å². The number of hydrogen-bond donors (Lipinski definition) is 2. The number of nitrogens with one attached hydrogen (secondary N) is 1. The lowest BCUT2D eigenvalue weighted by Crippen LogP contribution is -2.37. The van der Waals surface area contributed by atoms with E-state index in [9.17, 15) is 0 Å². The van der Waals surface area contributed by atoms with Gasteiger partial charge in [0.05, 0.1) is 17.9 Å². The molecule has 0 aliphatic carbocycles. The molecule has 116 valence electrons. The Hall–Kier alpha value is -2.78. The first-order chi connectivity index (χ1) is 11.3. The number of nitrogen functional groups attached to an aromatic ring is 1. The van der Waals surface area contributed by atoms with E-state index < -0.39 is 0 Å². The first-order valence-corrected chi connectivity index (χ1v) is 7.76. The first-order valence-electron chi connectivity index (χ1n) is 7.76. The average molecular weight is 303 g/mol. The predicted octanol–water partition coefficient (Wildman–Crippen LogP) is 3.98. The zero-order chi connectivity index (χ0) is 15.9. The fourth-order valence-electron chi connectivity index (χ4n) is 2.51. The van der Waals surface area contributed by atoms with Crippen LogP contribution in [0.5, 0.6) is 0 Å². The number of hydrazine groups is 1. The molecular weight excluding hydrogens is 282 g/mol. The number of benzene rings is 3. The van der Waals surface area contributed by atoms with Gasteiger partial charge in [-0.3, -0.25) is 0 Å². The summed E-state index contributed by atoms with van der Waals surface area (Å²) in [4.78, 5) is 0. The minimum atomic E-state index is 0.752. The molecular formula is C20H21N3. The molecule has 3 nitrogen and oxygen atoms in total. The summed E-state index contributed by atoms with van der Waals surface area (Å²) in [5.41, 5.74) is 13.9. The summed E-state index contributed by atoms with van der Waals surface area (Å²) in [6.07, 6.45) is 0. The highest BCUT2D eigenvalue weighted by Gasteiger charge is 2.10. The van der Waals surface area contributed by atoms with Crippen LogP contribution in [0.3, 0.4) is 0 Å². The Morgan fingerprint density at radius 1 is 0.696 bits per heavy atom. The molecule has 3 aromatic rings. The number of para-hydroxylation sites is 2. The molecule has 3 rings (SSSR count). The summed E-state index contributed by atoms with van der Waals surface area (Å²) >= 11 is 0. The Morgan fingerprint density at radius 2 is 1.26 bits per heavy atom. The molecule has 0 saturated carbocycles. The van der Waals surface area contributed by atoms with Crippen LogP contribution in [0.4, 0.5) is 11.4 Å². The molecule has 3 aromatic carbocycles. The Kier molecular flexibility index (Phi) is 4.92. The molecule has 0 fully saturated rings. The lowest BCUT2D eigenvalue weighted by atomic mass is 10.2. The van der Waals surface area contributed by atoms with Gasteiger partial charge in [0.2, 0.25) is 0 Å². The maximum atomic E-state index is 6.16. The molecule has 0 spiro atoms. The van der Waals surface area contributed by atoms with Crippen molar-refractivity contribution in [3.05, 3.63) is 96.1 Å². The summed E-state index contributed by atoms with van der Waals surface area (Å²) in [5.74, 6) is 0. The summed E-state index contributed by atoms with van der Waals surface area (Å²) in [6, 6.07) is 28.7. The van der Waals surface area contributed by atoms with Crippen molar-refractivity contribution in [1.29, 1.82) is 0 Å². The van der Waals surface area contributed by atoms with Crippen LogP contribution in [0.25, 0.3) is 0 Å². The predicted molar refractivity (Wildman–Crippen MR) is 96.8 cm³/mol. The molecule has 0 bridgehead atoms. The molecule has 0 amide bonds. The zero-order valence-corrected chi connectivity index (χ0v) is 13.0. The first kappa shape index (κ1) is 15.1. The Bertz CT molecular complexity index is 726. The van der Waals surface area contributed by atoms with E-state index in [0.29, 0.717) is 0 Å². The third-order valence-electron chi connectivity index (χ3n) is 3.73. The topological polar surface area (TPSA) is 41.3 Å². The van der Waals surface area contributed by atoms with Crippen LogP contribution in [-0.4, -0.2) is 0 Å². The van der Waals surface area contributed by atoms with Crippen molar-refractivity contribution in [2.24, 2.45) is 0 Å². The molecule has 0 aliphatic rings. The molecule has 0 unspecified atom stereocenters. The van der Waals surface area contributed by atoms with Gasteiger partial charge in [-0.2, -0.15) is 0 Å². The summed E-state index contributed by atoms with van der Waals surface area (Å²) in [6.45, 7) is 1.50. The van der Waals surface area contributed by atoms with Gasteiger partial charge in [-0.1, -0.05) is 72.8 Å². The molecule has 0 saturated heterocycles. The Morgan fingerprint density at radius 3 is 1.91 bits per heavy atom. The Balaban J connectivity index is 1.80. The van der Waals surface area contributed by atoms with E-state index in [2.05, 4.69) is 59.0 Å². The Labute approximate surface area is 137 Å². The maximum Gasteiger partial charge on any atom is 0.0753 e. The minimum absolute atomic E-state index is 0.752. The van der Waals surface area contributed by atoms with Crippen molar-refractivity contribution in [2.75, 3.05) is 10.7 Å². The van der Waals surface area contributed by atoms with Gasteiger partial charge in [0.1, 0.15) is 0 Å². The van der Waals surface area contributed by atoms with E-state index in [1.54, 1.807) is 0 Å². The van der Waals surface area contributed by atoms with Crippen molar-refractivity contribution in [3.8, 4) is 0 Å². The fraction of sp³-hybridized carbons (Fsp3) is 0.100. The quantitative estimate of drug-likeness (QED) is 0.534. The summed E-state index contributed by atoms with van der Waals surface area (Å²) < 4.78 is 0. The summed E-state index contributed by atoms with van der Waals surface area (Å²) in [5, 5.41) is 2.11. The lowest BCUT2D eigenvalue weighted by molar-refractivity contribution is 0.621. The summed E-state index contributed by atoms with van der Waals surface area (Å²) in [7, 11) is 0. The average Bonchev–Trinajstić information content (AvgIpc) is 2.61. The van der Waals surface area contributed by atoms with E-state index in [-0.39, 0.29) is 0 Å². The molecule has 3 heteroatoms. The maximum absolute atomic E-state index is 6.16. The van der Waals surface area contributed by atoms with Crippen molar-refractivity contribution in [2.45, 2.75) is 13.1 Å². The van der Waals surface area contributed by atoms with Gasteiger partial charge in [0.15, 0.2) is 0 Å². The van der Waals surface area contributed by atoms with E-state index in [4.69, 9.17) is 5.73 Å². The monoisotopic (exact) mass is 303 g/mol. The molecule has 0 atom stereocenters. The third-order valence-corrected chi connectivity index (χ3v) is 3.73. The molecule has 23 heavy (non-hydrogen) atoms. The third kappa shape index (κ3) is 4.11. The normalized spacial score (nSPS) is 10.4. The molecule has 0 aliphatic heterocycles. The van der Waals surface area contributed by atoms with Crippen LogP contribution in [0.1, 0.15) is 11.1 Å². The fourth-order valence-corrected chi connectivity index (χ4v) is 2.51. The van der Waals surface area contributed by atoms with Gasteiger partial charge in [-0.25, -0.2) is 5.43 Å². The minimum Gasteiger partial charge on any atom is -0.397 e. The molecule has 3 N–H and O–H groups in total. The van der Waals surface area contributed by atoms with Crippen LogP contribution < -0.4 is 16.2 Å². The van der Waals surface area contributed by atoms with Crippen LogP contribution >= 0.6 is 0 Å². The lowest BCUT2D eigenvalue weighted by Gasteiger charge is -2.27. The SMILES string of the molecule is Nc1ccccc1N(Cc1ccccc1)NCc1ccccc1. The van der Waals surface area contributed by atoms with Gasteiger partial charge in [-0.05, 0) is 23.3 Å². The zero-order valence-electron chi connectivity index (χ0n) is 13.0. The second-order valence-corrected chi connectivity index (χ2v) is 5.45. The van der Waals surface area contributed by atoms with E-state index in [0.717, 1.165) is 24.5 Å². The van der Waals surface area contributed by atoms with Gasteiger partial charge in [-0.15, -0.1) is 0 Å². The number of rotatable bonds is 6. The highest BCUT2D eigenvalue weighted by atomic mass is 15.5. The van der Waals surface area contributed by atoms with Crippen molar-refractivity contribution >= 4 is 11.4 Å². The van der Waals surface area contributed by atoms with Crippen molar-refractivity contribution in [3.63, 3.8) is 0 Å². The highest BCUT2D eigenvalue weighted by molar-refractivity contribution is 5.66. The van der Waals surface area contributed by atoms with Crippen LogP contribution in [-0.2, 0) is 13.1 Å². The van der Waals surface area contributed by atoms with E-state index in [1.807, 2.05) is 36.4 Å².